The third kappa shape index (κ3) is 4.17. The number of hydrogen-bond donors (Lipinski definition) is 2. The van der Waals surface area contributed by atoms with E-state index in [1.807, 2.05) is 18.2 Å². The summed E-state index contributed by atoms with van der Waals surface area (Å²) < 4.78 is 0. The van der Waals surface area contributed by atoms with E-state index < -0.39 is 18.1 Å². The molecule has 4 aromatic rings. The number of H-pyrrole nitrogens is 1. The number of nitrogens with zero attached hydrogens (tertiary/aromatic N) is 2. The molecule has 0 radical (unpaired) electrons. The number of amides is 4. The Balaban J connectivity index is 1.45. The van der Waals surface area contributed by atoms with Crippen molar-refractivity contribution in [2.45, 2.75) is 58.0 Å². The minimum Gasteiger partial charge on any atom is -0.356 e. The highest BCUT2D eigenvalue weighted by Crippen LogP contribution is 2.45. The van der Waals surface area contributed by atoms with Crippen molar-refractivity contribution in [2.24, 2.45) is 0 Å². The predicted molar refractivity (Wildman–Crippen MR) is 157 cm³/mol. The van der Waals surface area contributed by atoms with Gasteiger partial charge in [-0.25, -0.2) is 9.69 Å². The first-order chi connectivity index (χ1) is 19.4. The van der Waals surface area contributed by atoms with Crippen LogP contribution in [-0.2, 0) is 11.2 Å². The number of para-hydroxylation sites is 2. The van der Waals surface area contributed by atoms with Gasteiger partial charge in [-0.1, -0.05) is 81.8 Å². The molecule has 2 atom stereocenters. The van der Waals surface area contributed by atoms with E-state index in [4.69, 9.17) is 0 Å². The second-order valence-corrected chi connectivity index (χ2v) is 11.0. The largest absolute Gasteiger partial charge is 0.356 e. The second kappa shape index (κ2) is 10.3. The number of hydrogen-bond acceptors (Lipinski definition) is 3. The fourth-order valence-electron chi connectivity index (χ4n) is 6.04. The standard InChI is InChI=1S/C33H34N4O3/c1-4-5-18-34-31(38)24-11-7-9-13-27(24)37-32(39)28-19-25-23-10-6-8-12-26(23)35-29(25)30(36(28)33(37)40)22-16-14-21(15-17-22)20(2)3/h6-17,20,28,30,35H,4-5,18-19H2,1-3H3,(H,34,38). The van der Waals surface area contributed by atoms with Crippen molar-refractivity contribution in [3.8, 4) is 0 Å². The first-order valence-electron chi connectivity index (χ1n) is 14.1. The van der Waals surface area contributed by atoms with Gasteiger partial charge < -0.3 is 10.3 Å². The summed E-state index contributed by atoms with van der Waals surface area (Å²) in [6.07, 6.45) is 2.22. The molecule has 4 amide bonds. The molecule has 40 heavy (non-hydrogen) atoms. The Labute approximate surface area is 234 Å². The molecular weight excluding hydrogens is 500 g/mol. The van der Waals surface area contributed by atoms with Crippen molar-refractivity contribution >= 4 is 34.4 Å². The lowest BCUT2D eigenvalue weighted by molar-refractivity contribution is -0.120. The number of aromatic nitrogens is 1. The van der Waals surface area contributed by atoms with Gasteiger partial charge in [-0.2, -0.15) is 0 Å². The van der Waals surface area contributed by atoms with E-state index in [0.29, 0.717) is 30.1 Å². The zero-order chi connectivity index (χ0) is 28.0. The molecule has 1 aromatic heterocycles. The summed E-state index contributed by atoms with van der Waals surface area (Å²) in [5.41, 5.74) is 5.78. The average molecular weight is 535 g/mol. The number of urea groups is 1. The van der Waals surface area contributed by atoms with Crippen LogP contribution in [0.1, 0.15) is 78.3 Å². The van der Waals surface area contributed by atoms with E-state index in [-0.39, 0.29) is 11.8 Å². The van der Waals surface area contributed by atoms with Gasteiger partial charge in [0.25, 0.3) is 11.8 Å². The summed E-state index contributed by atoms with van der Waals surface area (Å²) in [4.78, 5) is 47.9. The molecule has 2 unspecified atom stereocenters. The van der Waals surface area contributed by atoms with Gasteiger partial charge in [0.05, 0.1) is 11.3 Å². The lowest BCUT2D eigenvalue weighted by Gasteiger charge is -2.36. The molecule has 0 saturated carbocycles. The predicted octanol–water partition coefficient (Wildman–Crippen LogP) is 6.30. The van der Waals surface area contributed by atoms with Gasteiger partial charge in [-0.05, 0) is 47.2 Å². The lowest BCUT2D eigenvalue weighted by Crippen LogP contribution is -2.44. The summed E-state index contributed by atoms with van der Waals surface area (Å²) in [6, 6.07) is 21.7. The Morgan fingerprint density at radius 3 is 2.48 bits per heavy atom. The molecule has 3 heterocycles. The molecule has 2 aliphatic heterocycles. The van der Waals surface area contributed by atoms with Crippen LogP contribution in [0.3, 0.4) is 0 Å². The first kappa shape index (κ1) is 25.9. The smallest absolute Gasteiger partial charge is 0.332 e. The fourth-order valence-corrected chi connectivity index (χ4v) is 6.04. The highest BCUT2D eigenvalue weighted by Gasteiger charge is 2.53. The highest BCUT2D eigenvalue weighted by molar-refractivity contribution is 6.24. The van der Waals surface area contributed by atoms with Crippen LogP contribution in [-0.4, -0.2) is 40.3 Å². The zero-order valence-corrected chi connectivity index (χ0v) is 23.1. The summed E-state index contributed by atoms with van der Waals surface area (Å²) in [6.45, 7) is 6.90. The van der Waals surface area contributed by atoms with E-state index in [9.17, 15) is 14.4 Å². The summed E-state index contributed by atoms with van der Waals surface area (Å²) in [5.74, 6) is -0.215. The molecule has 2 N–H and O–H groups in total. The van der Waals surface area contributed by atoms with Gasteiger partial charge in [0.2, 0.25) is 0 Å². The van der Waals surface area contributed by atoms with Crippen molar-refractivity contribution in [2.75, 3.05) is 11.4 Å². The summed E-state index contributed by atoms with van der Waals surface area (Å²) in [7, 11) is 0. The monoisotopic (exact) mass is 534 g/mol. The molecule has 1 fully saturated rings. The van der Waals surface area contributed by atoms with E-state index in [1.165, 1.54) is 10.5 Å². The minimum absolute atomic E-state index is 0.286. The molecule has 0 spiro atoms. The molecule has 1 saturated heterocycles. The van der Waals surface area contributed by atoms with Gasteiger partial charge in [0.1, 0.15) is 12.1 Å². The maximum absolute atomic E-state index is 14.3. The van der Waals surface area contributed by atoms with Crippen LogP contribution >= 0.6 is 0 Å². The second-order valence-electron chi connectivity index (χ2n) is 11.0. The van der Waals surface area contributed by atoms with E-state index in [0.717, 1.165) is 40.6 Å². The third-order valence-corrected chi connectivity index (χ3v) is 8.17. The molecule has 0 aliphatic carbocycles. The van der Waals surface area contributed by atoms with Crippen molar-refractivity contribution in [3.05, 3.63) is 101 Å². The topological polar surface area (TPSA) is 85.5 Å². The molecule has 7 nitrogen and oxygen atoms in total. The van der Waals surface area contributed by atoms with Crippen LogP contribution in [0.15, 0.2) is 72.8 Å². The van der Waals surface area contributed by atoms with Crippen LogP contribution in [0, 0.1) is 0 Å². The van der Waals surface area contributed by atoms with Crippen molar-refractivity contribution in [1.29, 1.82) is 0 Å². The summed E-state index contributed by atoms with van der Waals surface area (Å²) >= 11 is 0. The van der Waals surface area contributed by atoms with E-state index in [1.54, 1.807) is 29.2 Å². The molecule has 3 aromatic carbocycles. The van der Waals surface area contributed by atoms with Crippen molar-refractivity contribution in [3.63, 3.8) is 0 Å². The Kier molecular flexibility index (Phi) is 6.66. The van der Waals surface area contributed by atoms with Crippen LogP contribution < -0.4 is 10.2 Å². The maximum atomic E-state index is 14.3. The average Bonchev–Trinajstić information content (AvgIpc) is 3.46. The summed E-state index contributed by atoms with van der Waals surface area (Å²) in [5, 5.41) is 3.99. The van der Waals surface area contributed by atoms with Gasteiger partial charge >= 0.3 is 6.03 Å². The minimum atomic E-state index is -0.676. The number of benzene rings is 3. The molecule has 6 rings (SSSR count). The Morgan fingerprint density at radius 1 is 1.00 bits per heavy atom. The number of anilines is 1. The van der Waals surface area contributed by atoms with Crippen LogP contribution in [0.4, 0.5) is 10.5 Å². The number of unbranched alkanes of at least 4 members (excludes halogenated alkanes) is 1. The number of imide groups is 1. The van der Waals surface area contributed by atoms with E-state index in [2.05, 4.69) is 61.4 Å². The lowest BCUT2D eigenvalue weighted by atomic mass is 9.88. The quantitative estimate of drug-likeness (QED) is 0.215. The highest BCUT2D eigenvalue weighted by atomic mass is 16.2. The van der Waals surface area contributed by atoms with Gasteiger partial charge in [0.15, 0.2) is 0 Å². The maximum Gasteiger partial charge on any atom is 0.332 e. The molecule has 0 bridgehead atoms. The fraction of sp³-hybridized carbons (Fsp3) is 0.303. The Bertz CT molecular complexity index is 1600. The molecule has 7 heteroatoms. The number of nitrogens with one attached hydrogen (secondary N) is 2. The Morgan fingerprint density at radius 2 is 1.73 bits per heavy atom. The van der Waals surface area contributed by atoms with Crippen LogP contribution in [0.25, 0.3) is 10.9 Å². The Hall–Kier alpha value is -4.39. The van der Waals surface area contributed by atoms with Gasteiger partial charge in [0, 0.05) is 29.6 Å². The van der Waals surface area contributed by atoms with E-state index >= 15 is 0 Å². The first-order valence-corrected chi connectivity index (χ1v) is 14.1. The van der Waals surface area contributed by atoms with Crippen molar-refractivity contribution in [1.82, 2.24) is 15.2 Å². The van der Waals surface area contributed by atoms with Gasteiger partial charge in [-0.3, -0.25) is 14.5 Å². The SMILES string of the molecule is CCCCNC(=O)c1ccccc1N1C(=O)C2Cc3c([nH]c4ccccc34)C(c3ccc(C(C)C)cc3)N2C1=O. The number of aromatic amines is 1. The molecule has 2 aliphatic rings. The van der Waals surface area contributed by atoms with Crippen LogP contribution in [0.5, 0.6) is 0 Å². The normalized spacial score (nSPS) is 18.4. The van der Waals surface area contributed by atoms with Crippen LogP contribution in [0.2, 0.25) is 0 Å². The third-order valence-electron chi connectivity index (χ3n) is 8.17. The molecule has 204 valence electrons. The number of fused-ring (bicyclic) bond motifs is 4. The zero-order valence-electron chi connectivity index (χ0n) is 23.1. The number of carbonyl (C=O) groups is 3. The number of carbonyl (C=O) groups excluding carboxylic acids is 3. The van der Waals surface area contributed by atoms with Gasteiger partial charge in [-0.15, -0.1) is 0 Å². The number of rotatable bonds is 7. The molecular formula is C33H34N4O3. The van der Waals surface area contributed by atoms with Crippen molar-refractivity contribution < 1.29 is 14.4 Å².